The Hall–Kier alpha value is -3.05. The third kappa shape index (κ3) is 2.79. The number of anilines is 1. The summed E-state index contributed by atoms with van der Waals surface area (Å²) in [6.45, 7) is 3.04. The van der Waals surface area contributed by atoms with Crippen molar-refractivity contribution in [1.82, 2.24) is 14.9 Å². The molecule has 1 saturated heterocycles. The number of hydrogen-bond donors (Lipinski definition) is 1. The Morgan fingerprint density at radius 2 is 1.61 bits per heavy atom. The van der Waals surface area contributed by atoms with Crippen LogP contribution in [0.3, 0.4) is 0 Å². The number of nitrogens with two attached hydrogens (primary N) is 1. The van der Waals surface area contributed by atoms with Crippen LogP contribution in [0.2, 0.25) is 0 Å². The molecule has 0 atom stereocenters. The van der Waals surface area contributed by atoms with Crippen LogP contribution >= 0.6 is 0 Å². The minimum Gasteiger partial charge on any atom is -0.368 e. The van der Waals surface area contributed by atoms with Crippen molar-refractivity contribution in [3.63, 3.8) is 0 Å². The third-order valence-electron chi connectivity index (χ3n) is 5.68. The Bertz CT molecular complexity index is 1060. The van der Waals surface area contributed by atoms with Crippen LogP contribution in [0.25, 0.3) is 22.5 Å². The molecule has 0 unspecified atom stereocenters. The molecule has 3 aromatic rings. The van der Waals surface area contributed by atoms with Gasteiger partial charge >= 0.3 is 0 Å². The molecule has 1 aliphatic heterocycles. The van der Waals surface area contributed by atoms with E-state index in [1.54, 1.807) is 0 Å². The van der Waals surface area contributed by atoms with Crippen LogP contribution in [0.5, 0.6) is 0 Å². The standard InChI is InChI=1S/C23H22N4O/c24-23-25-20(15-8-3-1-4-9-15)19-21(26-23)18-16(10-7-11-17(18)22(19)28)14-27-12-5-2-6-13-27/h1,3-4,7-11H,2,5-6,12-14H2,(H2,24,25,26). The molecule has 0 radical (unpaired) electrons. The van der Waals surface area contributed by atoms with Crippen LogP contribution in [0.15, 0.2) is 48.5 Å². The number of aromatic nitrogens is 2. The lowest BCUT2D eigenvalue weighted by Crippen LogP contribution is -2.29. The van der Waals surface area contributed by atoms with Gasteiger partial charge < -0.3 is 5.73 Å². The first-order valence-corrected chi connectivity index (χ1v) is 9.84. The van der Waals surface area contributed by atoms with Crippen molar-refractivity contribution >= 4 is 11.7 Å². The molecule has 2 aliphatic rings. The largest absolute Gasteiger partial charge is 0.368 e. The number of rotatable bonds is 3. The minimum absolute atomic E-state index is 0.00986. The van der Waals surface area contributed by atoms with Gasteiger partial charge in [0.05, 0.1) is 17.0 Å². The molecule has 1 aromatic heterocycles. The predicted octanol–water partition coefficient (Wildman–Crippen LogP) is 3.92. The van der Waals surface area contributed by atoms with Crippen LogP contribution in [0.4, 0.5) is 5.95 Å². The summed E-state index contributed by atoms with van der Waals surface area (Å²) in [5, 5.41) is 0. The predicted molar refractivity (Wildman–Crippen MR) is 110 cm³/mol. The van der Waals surface area contributed by atoms with Gasteiger partial charge in [-0.3, -0.25) is 9.69 Å². The van der Waals surface area contributed by atoms with Crippen molar-refractivity contribution in [3.05, 3.63) is 65.2 Å². The fourth-order valence-corrected chi connectivity index (χ4v) is 4.37. The van der Waals surface area contributed by atoms with Gasteiger partial charge in [0.25, 0.3) is 0 Å². The number of nitrogens with zero attached hydrogens (tertiary/aromatic N) is 3. The lowest BCUT2D eigenvalue weighted by atomic mass is 10.0. The maximum absolute atomic E-state index is 13.3. The SMILES string of the molecule is Nc1nc(-c2ccccc2)c2c(n1)-c1c(CN3CCCCC3)cccc1C2=O. The first-order valence-electron chi connectivity index (χ1n) is 9.84. The number of nitrogen functional groups attached to an aromatic ring is 1. The van der Waals surface area contributed by atoms with Gasteiger partial charge in [-0.25, -0.2) is 9.97 Å². The van der Waals surface area contributed by atoms with Crippen molar-refractivity contribution in [2.45, 2.75) is 25.8 Å². The third-order valence-corrected chi connectivity index (χ3v) is 5.68. The summed E-state index contributed by atoms with van der Waals surface area (Å²) in [6.07, 6.45) is 3.77. The molecule has 5 rings (SSSR count). The van der Waals surface area contributed by atoms with Crippen molar-refractivity contribution in [3.8, 4) is 22.5 Å². The molecule has 140 valence electrons. The maximum Gasteiger partial charge on any atom is 0.221 e. The average Bonchev–Trinajstić information content (AvgIpc) is 3.02. The Morgan fingerprint density at radius 1 is 0.857 bits per heavy atom. The van der Waals surface area contributed by atoms with E-state index in [0.717, 1.165) is 36.3 Å². The van der Waals surface area contributed by atoms with E-state index < -0.39 is 0 Å². The summed E-state index contributed by atoms with van der Waals surface area (Å²) in [5.74, 6) is 0.190. The Morgan fingerprint density at radius 3 is 2.39 bits per heavy atom. The molecule has 0 amide bonds. The summed E-state index contributed by atoms with van der Waals surface area (Å²) in [5.41, 5.74) is 11.6. The zero-order valence-electron chi connectivity index (χ0n) is 15.7. The van der Waals surface area contributed by atoms with Crippen molar-refractivity contribution in [2.75, 3.05) is 18.8 Å². The van der Waals surface area contributed by atoms with E-state index in [9.17, 15) is 4.79 Å². The molecule has 5 heteroatoms. The quantitative estimate of drug-likeness (QED) is 0.592. The van der Waals surface area contributed by atoms with Gasteiger partial charge in [0.1, 0.15) is 0 Å². The van der Waals surface area contributed by atoms with E-state index >= 15 is 0 Å². The first kappa shape index (κ1) is 17.1. The summed E-state index contributed by atoms with van der Waals surface area (Å²) >= 11 is 0. The molecule has 2 heterocycles. The number of carbonyl (C=O) groups excluding carboxylic acids is 1. The summed E-state index contributed by atoms with van der Waals surface area (Å²) < 4.78 is 0. The minimum atomic E-state index is -0.00986. The molecule has 1 aliphatic carbocycles. The second kappa shape index (κ2) is 6.84. The molecule has 28 heavy (non-hydrogen) atoms. The smallest absolute Gasteiger partial charge is 0.221 e. The molecule has 0 bridgehead atoms. The fourth-order valence-electron chi connectivity index (χ4n) is 4.37. The van der Waals surface area contributed by atoms with Gasteiger partial charge in [-0.1, -0.05) is 55.0 Å². The molecule has 2 N–H and O–H groups in total. The van der Waals surface area contributed by atoms with Crippen molar-refractivity contribution in [1.29, 1.82) is 0 Å². The van der Waals surface area contributed by atoms with Gasteiger partial charge in [-0.15, -0.1) is 0 Å². The van der Waals surface area contributed by atoms with Gasteiger partial charge in [-0.2, -0.15) is 0 Å². The van der Waals surface area contributed by atoms with E-state index in [1.165, 1.54) is 19.3 Å². The number of carbonyl (C=O) groups is 1. The first-order chi connectivity index (χ1) is 13.7. The highest BCUT2D eigenvalue weighted by Gasteiger charge is 2.34. The summed E-state index contributed by atoms with van der Waals surface area (Å²) in [7, 11) is 0. The Balaban J connectivity index is 1.66. The van der Waals surface area contributed by atoms with Crippen LogP contribution in [-0.4, -0.2) is 33.7 Å². The van der Waals surface area contributed by atoms with E-state index in [4.69, 9.17) is 5.73 Å². The Kier molecular flexibility index (Phi) is 4.17. The van der Waals surface area contributed by atoms with Gasteiger partial charge in [0.15, 0.2) is 5.78 Å². The normalized spacial score (nSPS) is 16.1. The van der Waals surface area contributed by atoms with Crippen LogP contribution < -0.4 is 5.73 Å². The van der Waals surface area contributed by atoms with E-state index in [2.05, 4.69) is 20.9 Å². The van der Waals surface area contributed by atoms with E-state index in [-0.39, 0.29) is 11.7 Å². The molecule has 0 saturated carbocycles. The van der Waals surface area contributed by atoms with Crippen molar-refractivity contribution in [2.24, 2.45) is 0 Å². The zero-order valence-corrected chi connectivity index (χ0v) is 15.7. The number of likely N-dealkylation sites (tertiary alicyclic amines) is 1. The van der Waals surface area contributed by atoms with Crippen LogP contribution in [0, 0.1) is 0 Å². The zero-order chi connectivity index (χ0) is 19.1. The number of benzene rings is 2. The lowest BCUT2D eigenvalue weighted by Gasteiger charge is -2.27. The fraction of sp³-hybridized carbons (Fsp3) is 0.261. The van der Waals surface area contributed by atoms with Gasteiger partial charge in [0.2, 0.25) is 5.95 Å². The second-order valence-corrected chi connectivity index (χ2v) is 7.53. The highest BCUT2D eigenvalue weighted by Crippen LogP contribution is 2.42. The molecule has 2 aromatic carbocycles. The van der Waals surface area contributed by atoms with Gasteiger partial charge in [0, 0.05) is 23.2 Å². The van der Waals surface area contributed by atoms with E-state index in [0.29, 0.717) is 22.5 Å². The second-order valence-electron chi connectivity index (χ2n) is 7.53. The Labute approximate surface area is 164 Å². The van der Waals surface area contributed by atoms with E-state index in [1.807, 2.05) is 42.5 Å². The lowest BCUT2D eigenvalue weighted by molar-refractivity contribution is 0.104. The summed E-state index contributed by atoms with van der Waals surface area (Å²) in [4.78, 5) is 24.7. The highest BCUT2D eigenvalue weighted by molar-refractivity contribution is 6.24. The molecular weight excluding hydrogens is 348 g/mol. The number of fused-ring (bicyclic) bond motifs is 3. The molecule has 0 spiro atoms. The van der Waals surface area contributed by atoms with Crippen LogP contribution in [0.1, 0.15) is 40.7 Å². The van der Waals surface area contributed by atoms with Gasteiger partial charge in [-0.05, 0) is 31.5 Å². The number of hydrogen-bond acceptors (Lipinski definition) is 5. The van der Waals surface area contributed by atoms with Crippen molar-refractivity contribution < 1.29 is 4.79 Å². The molecule has 1 fully saturated rings. The highest BCUT2D eigenvalue weighted by atomic mass is 16.1. The maximum atomic E-state index is 13.3. The number of ketones is 1. The van der Waals surface area contributed by atoms with Crippen LogP contribution in [-0.2, 0) is 6.54 Å². The summed E-state index contributed by atoms with van der Waals surface area (Å²) in [6, 6.07) is 15.7. The topological polar surface area (TPSA) is 72.1 Å². The number of piperidine rings is 1. The monoisotopic (exact) mass is 370 g/mol. The average molecular weight is 370 g/mol. The molecule has 5 nitrogen and oxygen atoms in total. The molecular formula is C23H22N4O.